The number of carbonyl (C=O) groups excluding carboxylic acids is 1. The van der Waals surface area contributed by atoms with Gasteiger partial charge in [-0.3, -0.25) is 9.48 Å². The largest absolute Gasteiger partial charge is 0.497 e. The number of aromatic nitrogens is 3. The lowest BCUT2D eigenvalue weighted by Crippen LogP contribution is -2.47. The number of aryl methyl sites for hydroxylation is 1. The Kier molecular flexibility index (Phi) is 4.50. The minimum atomic E-state index is -0.119. The first-order chi connectivity index (χ1) is 12.6. The van der Waals surface area contributed by atoms with E-state index < -0.39 is 0 Å². The molecule has 1 N–H and O–H groups in total. The monoisotopic (exact) mass is 371 g/mol. The number of nitrogens with zero attached hydrogens (tertiary/aromatic N) is 4. The molecule has 0 bridgehead atoms. The van der Waals surface area contributed by atoms with Gasteiger partial charge in [0.15, 0.2) is 5.13 Å². The number of fused-ring (bicyclic) bond motifs is 1. The van der Waals surface area contributed by atoms with E-state index in [4.69, 9.17) is 9.72 Å². The number of amides is 1. The molecule has 7 nitrogen and oxygen atoms in total. The van der Waals surface area contributed by atoms with Gasteiger partial charge in [-0.1, -0.05) is 11.3 Å². The number of hydrogen-bond donors (Lipinski definition) is 1. The molecule has 1 unspecified atom stereocenters. The molecule has 0 radical (unpaired) electrons. The number of benzene rings is 1. The third kappa shape index (κ3) is 3.37. The first kappa shape index (κ1) is 16.8. The number of methoxy groups -OCH3 is 1. The molecule has 8 heteroatoms. The predicted molar refractivity (Wildman–Crippen MR) is 102 cm³/mol. The van der Waals surface area contributed by atoms with Crippen LogP contribution in [0.2, 0.25) is 0 Å². The summed E-state index contributed by atoms with van der Waals surface area (Å²) < 4.78 is 8.05. The van der Waals surface area contributed by atoms with E-state index in [0.717, 1.165) is 47.0 Å². The molecule has 1 aliphatic rings. The van der Waals surface area contributed by atoms with Gasteiger partial charge in [-0.25, -0.2) is 4.98 Å². The van der Waals surface area contributed by atoms with Gasteiger partial charge >= 0.3 is 0 Å². The van der Waals surface area contributed by atoms with Crippen LogP contribution in [0.4, 0.5) is 5.13 Å². The van der Waals surface area contributed by atoms with Crippen LogP contribution in [0.15, 0.2) is 30.5 Å². The lowest BCUT2D eigenvalue weighted by molar-refractivity contribution is 0.0927. The van der Waals surface area contributed by atoms with Crippen molar-refractivity contribution in [1.82, 2.24) is 20.1 Å². The van der Waals surface area contributed by atoms with Crippen molar-refractivity contribution in [3.63, 3.8) is 0 Å². The predicted octanol–water partition coefficient (Wildman–Crippen LogP) is 2.44. The number of anilines is 1. The quantitative estimate of drug-likeness (QED) is 0.763. The summed E-state index contributed by atoms with van der Waals surface area (Å²) in [6.45, 7) is 1.71. The Balaban J connectivity index is 1.47. The molecule has 1 atom stereocenters. The van der Waals surface area contributed by atoms with E-state index in [1.807, 2.05) is 18.2 Å². The zero-order valence-corrected chi connectivity index (χ0v) is 15.6. The highest BCUT2D eigenvalue weighted by Gasteiger charge is 2.24. The summed E-state index contributed by atoms with van der Waals surface area (Å²) in [6, 6.07) is 7.78. The Morgan fingerprint density at radius 3 is 3.04 bits per heavy atom. The van der Waals surface area contributed by atoms with Crippen molar-refractivity contribution in [3.05, 3.63) is 36.2 Å². The van der Waals surface area contributed by atoms with E-state index in [1.54, 1.807) is 42.4 Å². The van der Waals surface area contributed by atoms with Gasteiger partial charge in [-0.2, -0.15) is 5.10 Å². The second-order valence-corrected chi connectivity index (χ2v) is 7.47. The first-order valence-corrected chi connectivity index (χ1v) is 9.44. The van der Waals surface area contributed by atoms with Crippen LogP contribution in [0.1, 0.15) is 23.3 Å². The molecule has 1 fully saturated rings. The van der Waals surface area contributed by atoms with E-state index >= 15 is 0 Å². The van der Waals surface area contributed by atoms with Crippen molar-refractivity contribution >= 4 is 32.6 Å². The van der Waals surface area contributed by atoms with Gasteiger partial charge in [0.25, 0.3) is 5.91 Å². The first-order valence-electron chi connectivity index (χ1n) is 8.62. The topological polar surface area (TPSA) is 72.3 Å². The highest BCUT2D eigenvalue weighted by molar-refractivity contribution is 7.22. The summed E-state index contributed by atoms with van der Waals surface area (Å²) >= 11 is 1.67. The Hall–Kier alpha value is -2.61. The minimum Gasteiger partial charge on any atom is -0.497 e. The van der Waals surface area contributed by atoms with Crippen LogP contribution in [-0.2, 0) is 7.05 Å². The maximum absolute atomic E-state index is 12.3. The molecule has 4 rings (SSSR count). The maximum atomic E-state index is 12.3. The summed E-state index contributed by atoms with van der Waals surface area (Å²) in [5.74, 6) is 0.694. The van der Waals surface area contributed by atoms with Crippen LogP contribution >= 0.6 is 11.3 Å². The smallest absolute Gasteiger partial charge is 0.272 e. The molecule has 1 saturated heterocycles. The molecule has 3 aromatic rings. The van der Waals surface area contributed by atoms with Crippen molar-refractivity contribution in [1.29, 1.82) is 0 Å². The molecule has 136 valence electrons. The van der Waals surface area contributed by atoms with Crippen LogP contribution in [0.3, 0.4) is 0 Å². The summed E-state index contributed by atoms with van der Waals surface area (Å²) in [7, 11) is 3.47. The molecule has 2 aromatic heterocycles. The van der Waals surface area contributed by atoms with Crippen LogP contribution in [0.25, 0.3) is 10.2 Å². The van der Waals surface area contributed by atoms with Crippen molar-refractivity contribution in [2.24, 2.45) is 7.05 Å². The number of rotatable bonds is 4. The van der Waals surface area contributed by atoms with Gasteiger partial charge in [0.05, 0.1) is 17.3 Å². The molecule has 3 heterocycles. The van der Waals surface area contributed by atoms with Gasteiger partial charge in [0.1, 0.15) is 11.4 Å². The highest BCUT2D eigenvalue weighted by Crippen LogP contribution is 2.32. The zero-order chi connectivity index (χ0) is 18.1. The van der Waals surface area contributed by atoms with Crippen LogP contribution in [0.5, 0.6) is 5.75 Å². The average Bonchev–Trinajstić information content (AvgIpc) is 3.27. The normalized spacial score (nSPS) is 17.5. The number of ether oxygens (including phenoxy) is 1. The fourth-order valence-corrected chi connectivity index (χ4v) is 4.20. The van der Waals surface area contributed by atoms with E-state index in [0.29, 0.717) is 5.69 Å². The zero-order valence-electron chi connectivity index (χ0n) is 14.8. The lowest BCUT2D eigenvalue weighted by atomic mass is 10.1. The molecular weight excluding hydrogens is 350 g/mol. The summed E-state index contributed by atoms with van der Waals surface area (Å²) in [4.78, 5) is 19.4. The number of piperidine rings is 1. The third-order valence-electron chi connectivity index (χ3n) is 4.56. The Morgan fingerprint density at radius 2 is 2.27 bits per heavy atom. The second-order valence-electron chi connectivity index (χ2n) is 6.46. The van der Waals surface area contributed by atoms with Crippen LogP contribution < -0.4 is 15.0 Å². The van der Waals surface area contributed by atoms with Gasteiger partial charge in [-0.05, 0) is 31.0 Å². The highest BCUT2D eigenvalue weighted by atomic mass is 32.1. The van der Waals surface area contributed by atoms with E-state index in [1.165, 1.54) is 0 Å². The molecule has 26 heavy (non-hydrogen) atoms. The van der Waals surface area contributed by atoms with Crippen molar-refractivity contribution in [2.45, 2.75) is 18.9 Å². The van der Waals surface area contributed by atoms with Gasteiger partial charge in [-0.15, -0.1) is 0 Å². The average molecular weight is 371 g/mol. The molecule has 1 aromatic carbocycles. The molecule has 0 aliphatic carbocycles. The van der Waals surface area contributed by atoms with E-state index in [9.17, 15) is 4.79 Å². The Labute approximate surface area is 155 Å². The lowest BCUT2D eigenvalue weighted by Gasteiger charge is -2.32. The van der Waals surface area contributed by atoms with Gasteiger partial charge < -0.3 is 15.0 Å². The van der Waals surface area contributed by atoms with Gasteiger partial charge in [0, 0.05) is 38.4 Å². The van der Waals surface area contributed by atoms with Crippen LogP contribution in [0, 0.1) is 0 Å². The Bertz CT molecular complexity index is 935. The third-order valence-corrected chi connectivity index (χ3v) is 5.65. The second kappa shape index (κ2) is 6.95. The van der Waals surface area contributed by atoms with Crippen molar-refractivity contribution in [2.75, 3.05) is 25.1 Å². The summed E-state index contributed by atoms with van der Waals surface area (Å²) in [6.07, 6.45) is 3.76. The number of carbonyl (C=O) groups is 1. The standard InChI is InChI=1S/C18H21N5O2S/c1-22-9-7-14(21-22)17(24)19-12-4-3-8-23(11-12)18-20-15-10-13(25-2)5-6-16(15)26-18/h5-7,9-10,12H,3-4,8,11H2,1-2H3,(H,19,24). The Morgan fingerprint density at radius 1 is 1.38 bits per heavy atom. The van der Waals surface area contributed by atoms with E-state index in [2.05, 4.69) is 15.3 Å². The number of hydrogen-bond acceptors (Lipinski definition) is 6. The molecule has 1 amide bonds. The molecular formula is C18H21N5O2S. The molecule has 1 aliphatic heterocycles. The SMILES string of the molecule is COc1ccc2sc(N3CCCC(NC(=O)c4ccn(C)n4)C3)nc2c1. The molecule has 0 spiro atoms. The minimum absolute atomic E-state index is 0.0970. The summed E-state index contributed by atoms with van der Waals surface area (Å²) in [5, 5.41) is 8.26. The number of nitrogens with one attached hydrogen (secondary N) is 1. The van der Waals surface area contributed by atoms with Crippen molar-refractivity contribution < 1.29 is 9.53 Å². The maximum Gasteiger partial charge on any atom is 0.272 e. The summed E-state index contributed by atoms with van der Waals surface area (Å²) in [5.41, 5.74) is 1.40. The fourth-order valence-electron chi connectivity index (χ4n) is 3.22. The fraction of sp³-hybridized carbons (Fsp3) is 0.389. The van der Waals surface area contributed by atoms with Crippen molar-refractivity contribution in [3.8, 4) is 5.75 Å². The van der Waals surface area contributed by atoms with Gasteiger partial charge in [0.2, 0.25) is 0 Å². The molecule has 0 saturated carbocycles. The number of thiazole rings is 1. The van der Waals surface area contributed by atoms with E-state index in [-0.39, 0.29) is 11.9 Å². The van der Waals surface area contributed by atoms with Crippen LogP contribution in [-0.4, -0.2) is 46.9 Å².